The number of aliphatic hydroxyl groups excluding tert-OH is 1. The number of carbonyl (C=O) groups is 2. The zero-order valence-electron chi connectivity index (χ0n) is 29.9. The predicted molar refractivity (Wildman–Crippen MR) is 211 cm³/mol. The molecule has 0 saturated heterocycles. The molecule has 0 bridgehead atoms. The third-order valence-corrected chi connectivity index (χ3v) is 9.78. The van der Waals surface area contributed by atoms with Crippen LogP contribution in [0.1, 0.15) is 72.6 Å². The lowest BCUT2D eigenvalue weighted by Crippen LogP contribution is -2.25. The van der Waals surface area contributed by atoms with Crippen molar-refractivity contribution in [2.24, 2.45) is 0 Å². The summed E-state index contributed by atoms with van der Waals surface area (Å²) in [4.78, 5) is 42.2. The highest BCUT2D eigenvalue weighted by Crippen LogP contribution is 2.30. The first-order chi connectivity index (χ1) is 26.3. The minimum Gasteiger partial charge on any atom is -0.396 e. The molecule has 2 amide bonds. The van der Waals surface area contributed by atoms with Crippen molar-refractivity contribution >= 4 is 57.9 Å². The number of rotatable bonds is 14. The van der Waals surface area contributed by atoms with Crippen LogP contribution in [0.2, 0.25) is 10.0 Å². The van der Waals surface area contributed by atoms with E-state index < -0.39 is 0 Å². The number of anilines is 2. The van der Waals surface area contributed by atoms with E-state index in [0.29, 0.717) is 51.6 Å². The average molecular weight is 770 g/mol. The van der Waals surface area contributed by atoms with Crippen LogP contribution in [-0.2, 0) is 0 Å². The van der Waals surface area contributed by atoms with Gasteiger partial charge in [0.25, 0.3) is 11.8 Å². The molecular formula is C39H42Cl2N10O3. The fourth-order valence-corrected chi connectivity index (χ4v) is 6.42. The molecule has 0 spiro atoms. The number of hydrogen-bond acceptors (Lipinski definition) is 9. The third kappa shape index (κ3) is 8.59. The van der Waals surface area contributed by atoms with Gasteiger partial charge in [-0.15, -0.1) is 0 Å². The van der Waals surface area contributed by atoms with Gasteiger partial charge in [0.15, 0.2) is 22.9 Å². The summed E-state index contributed by atoms with van der Waals surface area (Å²) in [6.07, 6.45) is 17.7. The Kier molecular flexibility index (Phi) is 11.6. The second kappa shape index (κ2) is 16.8. The molecule has 0 aliphatic heterocycles. The van der Waals surface area contributed by atoms with E-state index in [-0.39, 0.29) is 24.5 Å². The van der Waals surface area contributed by atoms with E-state index in [0.717, 1.165) is 79.0 Å². The maximum absolute atomic E-state index is 12.3. The number of nitrogens with zero attached hydrogens (tertiary/aromatic N) is 6. The van der Waals surface area contributed by atoms with Gasteiger partial charge in [-0.1, -0.05) is 48.7 Å². The fraction of sp³-hybridized carbons (Fsp3) is 0.333. The van der Waals surface area contributed by atoms with Gasteiger partial charge >= 0.3 is 0 Å². The number of halogens is 2. The Balaban J connectivity index is 0.000000167. The standard InChI is InChI=1S/C20H22ClN5O.C19H20ClN5O2/c1-2-3-8-22-18-19-24-12-17(26(19)10-9-23-18)13-4-7-15(16(21)11-13)20(27)25-14-5-6-14;20-15-10-12(2-5-14(15)19(27)24-13-3-4-13)16-11-23-18-17(21-6-1-9-26)22-7-8-25(16)18/h4,7,9-12,14H,2-3,5-6,8H2,1H3,(H,22,23)(H,25,27);2,5,7-8,10-11,13,26H,1,3-4,6,9H2,(H,21,22)(H,24,27). The number of nitrogens with one attached hydrogen (secondary N) is 4. The molecule has 2 aliphatic carbocycles. The van der Waals surface area contributed by atoms with Gasteiger partial charge in [0.1, 0.15) is 0 Å². The molecule has 0 unspecified atom stereocenters. The van der Waals surface area contributed by atoms with E-state index in [1.807, 2.05) is 39.4 Å². The number of carbonyl (C=O) groups excluding carboxylic acids is 2. The quantitative estimate of drug-likeness (QED) is 0.0743. The first-order valence-corrected chi connectivity index (χ1v) is 19.0. The van der Waals surface area contributed by atoms with Crippen molar-refractivity contribution < 1.29 is 14.7 Å². The lowest BCUT2D eigenvalue weighted by Gasteiger charge is -2.09. The predicted octanol–water partition coefficient (Wildman–Crippen LogP) is 6.89. The monoisotopic (exact) mass is 768 g/mol. The first-order valence-electron chi connectivity index (χ1n) is 18.3. The molecule has 15 heteroatoms. The zero-order valence-corrected chi connectivity index (χ0v) is 31.4. The minimum atomic E-state index is -0.133. The van der Waals surface area contributed by atoms with Crippen LogP contribution in [0.3, 0.4) is 0 Å². The molecule has 280 valence electrons. The summed E-state index contributed by atoms with van der Waals surface area (Å²) in [5, 5.41) is 22.2. The molecule has 0 radical (unpaired) electrons. The largest absolute Gasteiger partial charge is 0.396 e. The van der Waals surface area contributed by atoms with Gasteiger partial charge in [0.05, 0.1) is 45.0 Å². The van der Waals surface area contributed by atoms with Crippen LogP contribution >= 0.6 is 23.2 Å². The Hall–Kier alpha value is -5.24. The van der Waals surface area contributed by atoms with Gasteiger partial charge in [-0.2, -0.15) is 0 Å². The molecule has 13 nitrogen and oxygen atoms in total. The van der Waals surface area contributed by atoms with Crippen LogP contribution in [0.4, 0.5) is 11.6 Å². The van der Waals surface area contributed by atoms with E-state index in [2.05, 4.69) is 48.1 Å². The first kappa shape index (κ1) is 37.1. The molecule has 2 saturated carbocycles. The second-order valence-electron chi connectivity index (χ2n) is 13.4. The molecule has 6 aromatic rings. The summed E-state index contributed by atoms with van der Waals surface area (Å²) >= 11 is 12.8. The number of fused-ring (bicyclic) bond motifs is 2. The Bertz CT molecular complexity index is 2120. The number of amides is 2. The van der Waals surface area contributed by atoms with Crippen molar-refractivity contribution in [2.75, 3.05) is 30.3 Å². The Morgan fingerprint density at radius 2 is 1.19 bits per heavy atom. The lowest BCUT2D eigenvalue weighted by molar-refractivity contribution is 0.0942. The van der Waals surface area contributed by atoms with Crippen LogP contribution in [0.25, 0.3) is 33.8 Å². The van der Waals surface area contributed by atoms with Crippen molar-refractivity contribution in [2.45, 2.75) is 64.0 Å². The Morgan fingerprint density at radius 3 is 1.59 bits per heavy atom. The van der Waals surface area contributed by atoms with Gasteiger partial charge in [-0.3, -0.25) is 18.4 Å². The third-order valence-electron chi connectivity index (χ3n) is 9.15. The molecule has 2 aliphatic rings. The molecule has 4 aromatic heterocycles. The molecule has 5 N–H and O–H groups in total. The summed E-state index contributed by atoms with van der Waals surface area (Å²) in [6.45, 7) is 3.75. The topological polar surface area (TPSA) is 163 Å². The highest BCUT2D eigenvalue weighted by atomic mass is 35.5. The van der Waals surface area contributed by atoms with Gasteiger partial charge < -0.3 is 26.4 Å². The average Bonchev–Trinajstić information content (AvgIpc) is 4.08. The maximum Gasteiger partial charge on any atom is 0.253 e. The van der Waals surface area contributed by atoms with Crippen molar-refractivity contribution in [3.8, 4) is 22.5 Å². The van der Waals surface area contributed by atoms with E-state index in [1.54, 1.807) is 43.0 Å². The minimum absolute atomic E-state index is 0.112. The molecule has 2 fully saturated rings. The molecule has 54 heavy (non-hydrogen) atoms. The molecule has 8 rings (SSSR count). The second-order valence-corrected chi connectivity index (χ2v) is 14.2. The summed E-state index contributed by atoms with van der Waals surface area (Å²) in [5.74, 6) is 1.18. The van der Waals surface area contributed by atoms with Crippen molar-refractivity contribution in [3.63, 3.8) is 0 Å². The van der Waals surface area contributed by atoms with Gasteiger partial charge in [-0.25, -0.2) is 19.9 Å². The number of benzene rings is 2. The summed E-state index contributed by atoms with van der Waals surface area (Å²) in [7, 11) is 0. The number of hydrogen-bond donors (Lipinski definition) is 5. The fourth-order valence-electron chi connectivity index (χ4n) is 5.88. The van der Waals surface area contributed by atoms with Crippen LogP contribution in [0.5, 0.6) is 0 Å². The van der Waals surface area contributed by atoms with Crippen molar-refractivity contribution in [1.82, 2.24) is 39.4 Å². The lowest BCUT2D eigenvalue weighted by atomic mass is 10.1. The molecular weight excluding hydrogens is 727 g/mol. The Morgan fingerprint density at radius 1 is 0.722 bits per heavy atom. The van der Waals surface area contributed by atoms with Gasteiger partial charge in [0.2, 0.25) is 0 Å². The maximum atomic E-state index is 12.3. The van der Waals surface area contributed by atoms with E-state index >= 15 is 0 Å². The van der Waals surface area contributed by atoms with Crippen LogP contribution in [0, 0.1) is 0 Å². The van der Waals surface area contributed by atoms with E-state index in [9.17, 15) is 9.59 Å². The number of aromatic nitrogens is 6. The highest BCUT2D eigenvalue weighted by molar-refractivity contribution is 6.34. The van der Waals surface area contributed by atoms with Crippen molar-refractivity contribution in [3.05, 3.63) is 94.8 Å². The summed E-state index contributed by atoms with van der Waals surface area (Å²) in [6, 6.07) is 11.5. The zero-order chi connectivity index (χ0) is 37.6. The number of imidazole rings is 2. The van der Waals surface area contributed by atoms with Crippen LogP contribution in [0.15, 0.2) is 73.6 Å². The number of aliphatic hydroxyl groups is 1. The summed E-state index contributed by atoms with van der Waals surface area (Å²) < 4.78 is 3.90. The van der Waals surface area contributed by atoms with Gasteiger partial charge in [0, 0.05) is 67.7 Å². The Labute approximate surface area is 322 Å². The smallest absolute Gasteiger partial charge is 0.253 e. The van der Waals surface area contributed by atoms with Crippen molar-refractivity contribution in [1.29, 1.82) is 0 Å². The highest BCUT2D eigenvalue weighted by Gasteiger charge is 2.26. The number of unbranched alkanes of at least 4 members (excludes halogenated alkanes) is 1. The van der Waals surface area contributed by atoms with Gasteiger partial charge in [-0.05, 0) is 62.8 Å². The van der Waals surface area contributed by atoms with Crippen LogP contribution < -0.4 is 21.3 Å². The summed E-state index contributed by atoms with van der Waals surface area (Å²) in [5.41, 5.74) is 5.98. The van der Waals surface area contributed by atoms with E-state index in [1.165, 1.54) is 0 Å². The normalized spacial score (nSPS) is 13.7. The molecule has 2 aromatic carbocycles. The molecule has 0 atom stereocenters. The molecule has 4 heterocycles. The van der Waals surface area contributed by atoms with E-state index in [4.69, 9.17) is 28.3 Å². The SMILES string of the molecule is CCCCNc1nccn2c(-c3ccc(C(=O)NC4CC4)c(Cl)c3)cnc12.O=C(NC1CC1)c1ccc(-c2cnc3c(NCCCO)nccn23)cc1Cl. The van der Waals surface area contributed by atoms with Crippen LogP contribution in [-0.4, -0.2) is 77.4 Å².